The first-order chi connectivity index (χ1) is 13.7. The molecule has 0 aromatic rings. The molecule has 5 heteroatoms. The largest absolute Gasteiger partial charge is 0.478 e. The average Bonchev–Trinajstić information content (AvgIpc) is 2.66. The van der Waals surface area contributed by atoms with Crippen molar-refractivity contribution in [2.45, 2.75) is 72.0 Å². The molecular formula is C24H36O5. The van der Waals surface area contributed by atoms with Crippen LogP contribution in [0.2, 0.25) is 0 Å². The van der Waals surface area contributed by atoms with Gasteiger partial charge >= 0.3 is 11.9 Å². The van der Waals surface area contributed by atoms with Crippen LogP contribution in [0.15, 0.2) is 36.0 Å². The maximum absolute atomic E-state index is 12.5. The summed E-state index contributed by atoms with van der Waals surface area (Å²) in [7, 11) is 0. The minimum atomic E-state index is -1.000. The van der Waals surface area contributed by atoms with E-state index >= 15 is 0 Å². The Morgan fingerprint density at radius 3 is 2.72 bits per heavy atom. The van der Waals surface area contributed by atoms with E-state index < -0.39 is 12.1 Å². The number of esters is 1. The number of hydrogen-bond acceptors (Lipinski definition) is 4. The van der Waals surface area contributed by atoms with Gasteiger partial charge in [0.25, 0.3) is 0 Å². The predicted molar refractivity (Wildman–Crippen MR) is 113 cm³/mol. The fourth-order valence-corrected chi connectivity index (χ4v) is 4.48. The van der Waals surface area contributed by atoms with Gasteiger partial charge < -0.3 is 14.9 Å². The normalized spacial score (nSPS) is 31.1. The van der Waals surface area contributed by atoms with E-state index in [4.69, 9.17) is 9.84 Å². The highest BCUT2D eigenvalue weighted by Crippen LogP contribution is 2.45. The van der Waals surface area contributed by atoms with Crippen molar-refractivity contribution in [1.29, 1.82) is 0 Å². The van der Waals surface area contributed by atoms with Crippen LogP contribution >= 0.6 is 0 Å². The van der Waals surface area contributed by atoms with Crippen molar-refractivity contribution in [2.24, 2.45) is 29.6 Å². The third kappa shape index (κ3) is 6.56. The van der Waals surface area contributed by atoms with Gasteiger partial charge in [-0.1, -0.05) is 52.0 Å². The van der Waals surface area contributed by atoms with E-state index in [1.807, 2.05) is 13.8 Å². The summed E-state index contributed by atoms with van der Waals surface area (Å²) in [4.78, 5) is 23.1. The Kier molecular flexibility index (Phi) is 8.69. The summed E-state index contributed by atoms with van der Waals surface area (Å²) in [5.41, 5.74) is 1.24. The number of ether oxygens (including phenoxy) is 1. The van der Waals surface area contributed by atoms with Gasteiger partial charge in [-0.2, -0.15) is 0 Å². The molecule has 2 N–H and O–H groups in total. The molecular weight excluding hydrogens is 368 g/mol. The highest BCUT2D eigenvalue weighted by Gasteiger charge is 2.41. The lowest BCUT2D eigenvalue weighted by atomic mass is 9.65. The Labute approximate surface area is 174 Å². The number of allylic oxidation sites excluding steroid dienone is 3. The maximum atomic E-state index is 12.5. The number of aliphatic hydroxyl groups excluding tert-OH is 1. The number of fused-ring (bicyclic) bond motifs is 1. The summed E-state index contributed by atoms with van der Waals surface area (Å²) < 4.78 is 6.01. The smallest absolute Gasteiger partial charge is 0.327 e. The molecule has 0 radical (unpaired) electrons. The monoisotopic (exact) mass is 404 g/mol. The standard InChI is InChI=1S/C24H36O5/c1-5-16(3)24(28)29-21-14-15(2)13-18-10-9-17(4)20(23(18)21)12-11-19(25)7-6-8-22(26)27/h6,8-10,13,15-17,19-21,23,25H,5,7,11-12,14H2,1-4H3,(H,26,27)/b8-6-/t15-,16+,17-,19-,20-,21-,23-/m0/s1. The first-order valence-electron chi connectivity index (χ1n) is 10.9. The number of aliphatic carboxylic acids is 1. The molecule has 0 spiro atoms. The summed E-state index contributed by atoms with van der Waals surface area (Å²) >= 11 is 0. The Morgan fingerprint density at radius 1 is 1.34 bits per heavy atom. The molecule has 7 atom stereocenters. The van der Waals surface area contributed by atoms with E-state index in [2.05, 4.69) is 32.1 Å². The van der Waals surface area contributed by atoms with Crippen molar-refractivity contribution >= 4 is 11.9 Å². The number of carboxylic acid groups (broad SMARTS) is 1. The van der Waals surface area contributed by atoms with Crippen molar-refractivity contribution in [3.63, 3.8) is 0 Å². The van der Waals surface area contributed by atoms with Crippen molar-refractivity contribution in [3.05, 3.63) is 36.0 Å². The first-order valence-corrected chi connectivity index (χ1v) is 10.9. The molecule has 0 fully saturated rings. The fraction of sp³-hybridized carbons (Fsp3) is 0.667. The summed E-state index contributed by atoms with van der Waals surface area (Å²) in [5.74, 6) is -0.0883. The predicted octanol–water partition coefficient (Wildman–Crippen LogP) is 4.52. The second-order valence-corrected chi connectivity index (χ2v) is 8.78. The minimum Gasteiger partial charge on any atom is -0.478 e. The van der Waals surface area contributed by atoms with Crippen molar-refractivity contribution in [2.75, 3.05) is 0 Å². The molecule has 0 aliphatic heterocycles. The van der Waals surface area contributed by atoms with Crippen LogP contribution in [0.25, 0.3) is 0 Å². The molecule has 0 unspecified atom stereocenters. The fourth-order valence-electron chi connectivity index (χ4n) is 4.48. The maximum Gasteiger partial charge on any atom is 0.327 e. The quantitative estimate of drug-likeness (QED) is 0.436. The molecule has 29 heavy (non-hydrogen) atoms. The molecule has 2 aliphatic carbocycles. The molecule has 0 aromatic heterocycles. The van der Waals surface area contributed by atoms with E-state index in [0.29, 0.717) is 24.7 Å². The van der Waals surface area contributed by atoms with Crippen molar-refractivity contribution < 1.29 is 24.5 Å². The third-order valence-corrected chi connectivity index (χ3v) is 6.38. The molecule has 162 valence electrons. The lowest BCUT2D eigenvalue weighted by Gasteiger charge is -2.43. The molecule has 0 bridgehead atoms. The van der Waals surface area contributed by atoms with E-state index in [0.717, 1.165) is 25.3 Å². The third-order valence-electron chi connectivity index (χ3n) is 6.38. The molecule has 2 aliphatic rings. The molecule has 0 amide bonds. The molecule has 5 nitrogen and oxygen atoms in total. The SMILES string of the molecule is CC[C@@H](C)C(=O)O[C@H]1C[C@@H](C)C=C2C=C[C@H](C)[C@H](CC[C@@H](O)C/C=C\C(=O)O)[C@H]21. The molecule has 0 saturated carbocycles. The highest BCUT2D eigenvalue weighted by molar-refractivity contribution is 5.79. The zero-order chi connectivity index (χ0) is 21.6. The average molecular weight is 405 g/mol. The number of carbonyl (C=O) groups excluding carboxylic acids is 1. The minimum absolute atomic E-state index is 0.0995. The van der Waals surface area contributed by atoms with Gasteiger partial charge in [-0.05, 0) is 55.4 Å². The zero-order valence-electron chi connectivity index (χ0n) is 18.1. The number of aliphatic hydroxyl groups is 1. The summed E-state index contributed by atoms with van der Waals surface area (Å²) in [6, 6.07) is 0. The number of hydrogen-bond donors (Lipinski definition) is 2. The van der Waals surface area contributed by atoms with Crippen LogP contribution in [0.4, 0.5) is 0 Å². The van der Waals surface area contributed by atoms with Crippen LogP contribution in [0.1, 0.15) is 59.8 Å². The van der Waals surface area contributed by atoms with Gasteiger partial charge in [0.15, 0.2) is 0 Å². The second kappa shape index (κ2) is 10.8. The topological polar surface area (TPSA) is 83.8 Å². The Balaban J connectivity index is 2.11. The number of carbonyl (C=O) groups is 2. The van der Waals surface area contributed by atoms with Gasteiger partial charge in [0.05, 0.1) is 12.0 Å². The summed E-state index contributed by atoms with van der Waals surface area (Å²) in [6.45, 7) is 8.25. The van der Waals surface area contributed by atoms with Crippen LogP contribution in [0.3, 0.4) is 0 Å². The lowest BCUT2D eigenvalue weighted by Crippen LogP contribution is -2.41. The van der Waals surface area contributed by atoms with Crippen molar-refractivity contribution in [3.8, 4) is 0 Å². The lowest BCUT2D eigenvalue weighted by molar-refractivity contribution is -0.158. The molecule has 0 saturated heterocycles. The van der Waals surface area contributed by atoms with Gasteiger partial charge in [-0.25, -0.2) is 4.79 Å². The van der Waals surface area contributed by atoms with Gasteiger partial charge in [-0.3, -0.25) is 4.79 Å². The van der Waals surface area contributed by atoms with Crippen LogP contribution < -0.4 is 0 Å². The first kappa shape index (κ1) is 23.4. The Bertz CT molecular complexity index is 662. The number of rotatable bonds is 9. The van der Waals surface area contributed by atoms with E-state index in [9.17, 15) is 14.7 Å². The van der Waals surface area contributed by atoms with Gasteiger partial charge in [0.2, 0.25) is 0 Å². The van der Waals surface area contributed by atoms with Gasteiger partial charge in [0.1, 0.15) is 6.10 Å². The Morgan fingerprint density at radius 2 is 2.07 bits per heavy atom. The van der Waals surface area contributed by atoms with Crippen LogP contribution in [-0.4, -0.2) is 34.4 Å². The van der Waals surface area contributed by atoms with E-state index in [1.54, 1.807) is 0 Å². The zero-order valence-corrected chi connectivity index (χ0v) is 18.1. The van der Waals surface area contributed by atoms with Crippen molar-refractivity contribution in [1.82, 2.24) is 0 Å². The van der Waals surface area contributed by atoms with Crippen LogP contribution in [-0.2, 0) is 14.3 Å². The second-order valence-electron chi connectivity index (χ2n) is 8.78. The number of carboxylic acids is 1. The molecule has 0 aromatic carbocycles. The highest BCUT2D eigenvalue weighted by atomic mass is 16.5. The molecule has 0 heterocycles. The van der Waals surface area contributed by atoms with Crippen LogP contribution in [0.5, 0.6) is 0 Å². The van der Waals surface area contributed by atoms with Gasteiger partial charge in [0, 0.05) is 12.0 Å². The van der Waals surface area contributed by atoms with Crippen LogP contribution in [0, 0.1) is 29.6 Å². The van der Waals surface area contributed by atoms with Gasteiger partial charge in [-0.15, -0.1) is 0 Å². The van der Waals surface area contributed by atoms with E-state index in [-0.39, 0.29) is 29.8 Å². The summed E-state index contributed by atoms with van der Waals surface area (Å²) in [6.07, 6.45) is 11.9. The Hall–Kier alpha value is -1.88. The summed E-state index contributed by atoms with van der Waals surface area (Å²) in [5, 5.41) is 19.0. The molecule has 2 rings (SSSR count). The van der Waals surface area contributed by atoms with E-state index in [1.165, 1.54) is 11.6 Å².